The summed E-state index contributed by atoms with van der Waals surface area (Å²) in [5.74, 6) is 6.64. The molecule has 7 heteroatoms. The topological polar surface area (TPSA) is 84.4 Å². The van der Waals surface area contributed by atoms with Gasteiger partial charge in [-0.05, 0) is 150 Å². The molecule has 4 rings (SSSR count). The van der Waals surface area contributed by atoms with Gasteiger partial charge in [-0.1, -0.05) is 87.1 Å². The molecule has 272 valence electrons. The van der Waals surface area contributed by atoms with Crippen molar-refractivity contribution < 1.29 is 4.79 Å². The summed E-state index contributed by atoms with van der Waals surface area (Å²) in [6.07, 6.45) is 22.9. The van der Waals surface area contributed by atoms with E-state index >= 15 is 0 Å². The molecule has 0 aromatic heterocycles. The van der Waals surface area contributed by atoms with Gasteiger partial charge >= 0.3 is 0 Å². The summed E-state index contributed by atoms with van der Waals surface area (Å²) >= 11 is 0. The maximum atomic E-state index is 13.1. The first-order valence-corrected chi connectivity index (χ1v) is 22.4. The molecule has 0 radical (unpaired) electrons. The first-order chi connectivity index (χ1) is 22.6. The quantitative estimate of drug-likeness (QED) is 0.0633. The Labute approximate surface area is 298 Å². The molecule has 1 amide bonds. The molecule has 4 aliphatic carbocycles. The molecule has 7 unspecified atom stereocenters. The lowest BCUT2D eigenvalue weighted by molar-refractivity contribution is -0.130. The van der Waals surface area contributed by atoms with Crippen molar-refractivity contribution in [3.05, 3.63) is 11.6 Å². The zero-order valence-corrected chi connectivity index (χ0v) is 32.8. The Kier molecular flexibility index (Phi) is 16.3. The van der Waals surface area contributed by atoms with Crippen LogP contribution >= 0.6 is 21.6 Å². The third kappa shape index (κ3) is 10.4. The van der Waals surface area contributed by atoms with Gasteiger partial charge in [0.05, 0.1) is 0 Å². The number of carbonyl (C=O) groups is 1. The standard InChI is InChI=1S/C40H74N4OS2/c1-30(2)11-8-12-31(3)35-15-16-36-34-14-13-32-29-33(17-20-39(32,4)37(34)18-21-40(35,36)5)47-46-28-19-38(45)44(27-10-23-42)26-7-6-24-43-25-9-22-41/h13,30-31,33-37,43H,6-12,14-29,41-42H2,1-5H3/t31-,33?,34?,35?,36?,37?,39?,40?/m1/s1. The molecule has 0 aromatic carbocycles. The minimum absolute atomic E-state index is 0.309. The van der Waals surface area contributed by atoms with E-state index in [2.05, 4.69) is 61.7 Å². The summed E-state index contributed by atoms with van der Waals surface area (Å²) in [4.78, 5) is 15.2. The third-order valence-corrected chi connectivity index (χ3v) is 16.3. The second-order valence-electron chi connectivity index (χ2n) is 16.9. The number of nitrogens with one attached hydrogen (secondary N) is 1. The van der Waals surface area contributed by atoms with Crippen LogP contribution in [0.4, 0.5) is 0 Å². The van der Waals surface area contributed by atoms with Gasteiger partial charge in [0.2, 0.25) is 5.91 Å². The van der Waals surface area contributed by atoms with Crippen LogP contribution in [-0.4, -0.2) is 61.1 Å². The van der Waals surface area contributed by atoms with Crippen LogP contribution in [0.2, 0.25) is 0 Å². The number of hydrogen-bond donors (Lipinski definition) is 3. The molecule has 4 aliphatic rings. The molecule has 0 aromatic rings. The fourth-order valence-electron chi connectivity index (χ4n) is 10.7. The van der Waals surface area contributed by atoms with Crippen molar-refractivity contribution in [1.29, 1.82) is 0 Å². The number of unbranched alkanes of at least 4 members (excludes halogenated alkanes) is 1. The first kappa shape index (κ1) is 39.6. The highest BCUT2D eigenvalue weighted by Gasteiger charge is 2.59. The van der Waals surface area contributed by atoms with Crippen molar-refractivity contribution >= 4 is 27.5 Å². The van der Waals surface area contributed by atoms with Crippen molar-refractivity contribution in [2.45, 2.75) is 143 Å². The van der Waals surface area contributed by atoms with E-state index in [1.54, 1.807) is 5.57 Å². The lowest BCUT2D eigenvalue weighted by atomic mass is 9.47. The predicted molar refractivity (Wildman–Crippen MR) is 208 cm³/mol. The lowest BCUT2D eigenvalue weighted by Gasteiger charge is -2.58. The van der Waals surface area contributed by atoms with Gasteiger partial charge in [0, 0.05) is 30.5 Å². The van der Waals surface area contributed by atoms with Crippen molar-refractivity contribution in [1.82, 2.24) is 10.2 Å². The van der Waals surface area contributed by atoms with Crippen LogP contribution in [0.3, 0.4) is 0 Å². The SMILES string of the molecule is CC(C)CCC[C@@H](C)C1CCC2C3CC=C4CC(SSCCC(=O)N(CCCN)CCCCNCCCN)CCC4(C)C3CCC21C. The van der Waals surface area contributed by atoms with Crippen LogP contribution in [0.1, 0.15) is 137 Å². The van der Waals surface area contributed by atoms with Crippen LogP contribution in [0.5, 0.6) is 0 Å². The molecular weight excluding hydrogens is 617 g/mol. The number of hydrogen-bond acceptors (Lipinski definition) is 6. The highest BCUT2D eigenvalue weighted by Crippen LogP contribution is 2.67. The Hall–Kier alpha value is -0.210. The largest absolute Gasteiger partial charge is 0.343 e. The number of nitrogens with zero attached hydrogens (tertiary/aromatic N) is 1. The van der Waals surface area contributed by atoms with Crippen molar-refractivity contribution in [3.8, 4) is 0 Å². The predicted octanol–water partition coefficient (Wildman–Crippen LogP) is 9.06. The molecular formula is C40H74N4OS2. The van der Waals surface area contributed by atoms with Gasteiger partial charge in [0.15, 0.2) is 0 Å². The van der Waals surface area contributed by atoms with E-state index < -0.39 is 0 Å². The second-order valence-corrected chi connectivity index (χ2v) is 19.7. The van der Waals surface area contributed by atoms with E-state index in [-0.39, 0.29) is 0 Å². The molecule has 3 saturated carbocycles. The number of nitrogens with two attached hydrogens (primary N) is 2. The molecule has 0 spiro atoms. The van der Waals surface area contributed by atoms with Gasteiger partial charge in [-0.2, -0.15) is 0 Å². The molecule has 0 heterocycles. The van der Waals surface area contributed by atoms with Crippen LogP contribution in [0.25, 0.3) is 0 Å². The monoisotopic (exact) mass is 691 g/mol. The van der Waals surface area contributed by atoms with Gasteiger partial charge in [-0.3, -0.25) is 4.79 Å². The minimum Gasteiger partial charge on any atom is -0.343 e. The Morgan fingerprint density at radius 1 is 0.936 bits per heavy atom. The average molecular weight is 691 g/mol. The van der Waals surface area contributed by atoms with Crippen molar-refractivity contribution in [2.24, 2.45) is 57.8 Å². The van der Waals surface area contributed by atoms with E-state index in [0.29, 0.717) is 35.0 Å². The molecule has 0 bridgehead atoms. The van der Waals surface area contributed by atoms with Crippen molar-refractivity contribution in [2.75, 3.05) is 45.0 Å². The van der Waals surface area contributed by atoms with E-state index in [9.17, 15) is 4.79 Å². The lowest BCUT2D eigenvalue weighted by Crippen LogP contribution is -2.50. The van der Waals surface area contributed by atoms with Crippen LogP contribution in [0, 0.1) is 46.3 Å². The first-order valence-electron chi connectivity index (χ1n) is 20.0. The number of rotatable bonds is 21. The fraction of sp³-hybridized carbons (Fsp3) is 0.925. The maximum Gasteiger partial charge on any atom is 0.223 e. The third-order valence-electron chi connectivity index (χ3n) is 13.4. The summed E-state index contributed by atoms with van der Waals surface area (Å²) in [5, 5.41) is 4.15. The van der Waals surface area contributed by atoms with Gasteiger partial charge in [-0.25, -0.2) is 0 Å². The smallest absolute Gasteiger partial charge is 0.223 e. The summed E-state index contributed by atoms with van der Waals surface area (Å²) < 4.78 is 0. The number of amides is 1. The summed E-state index contributed by atoms with van der Waals surface area (Å²) in [5.41, 5.74) is 14.2. The van der Waals surface area contributed by atoms with Gasteiger partial charge < -0.3 is 21.7 Å². The Morgan fingerprint density at radius 3 is 2.47 bits per heavy atom. The zero-order valence-electron chi connectivity index (χ0n) is 31.2. The molecule has 0 saturated heterocycles. The highest BCUT2D eigenvalue weighted by molar-refractivity contribution is 8.76. The Balaban J connectivity index is 1.22. The highest BCUT2D eigenvalue weighted by atomic mass is 33.1. The molecule has 47 heavy (non-hydrogen) atoms. The summed E-state index contributed by atoms with van der Waals surface area (Å²) in [7, 11) is 4.03. The zero-order chi connectivity index (χ0) is 33.9. The van der Waals surface area contributed by atoms with Gasteiger partial charge in [-0.15, -0.1) is 0 Å². The number of fused-ring (bicyclic) bond motifs is 5. The summed E-state index contributed by atoms with van der Waals surface area (Å²) in [6, 6.07) is 0. The molecule has 0 aliphatic heterocycles. The van der Waals surface area contributed by atoms with Crippen molar-refractivity contribution in [3.63, 3.8) is 0 Å². The minimum atomic E-state index is 0.309. The van der Waals surface area contributed by atoms with Gasteiger partial charge in [0.25, 0.3) is 0 Å². The maximum absolute atomic E-state index is 13.1. The Morgan fingerprint density at radius 2 is 1.70 bits per heavy atom. The van der Waals surface area contributed by atoms with E-state index in [4.69, 9.17) is 11.5 Å². The fourth-order valence-corrected chi connectivity index (χ4v) is 13.3. The average Bonchev–Trinajstić information content (AvgIpc) is 3.41. The molecule has 8 atom stereocenters. The number of carbonyl (C=O) groups excluding carboxylic acids is 1. The number of allylic oxidation sites excluding steroid dienone is 2. The molecule has 5 nitrogen and oxygen atoms in total. The summed E-state index contributed by atoms with van der Waals surface area (Å²) in [6.45, 7) is 17.8. The van der Waals surface area contributed by atoms with E-state index in [1.165, 1.54) is 70.6 Å². The van der Waals surface area contributed by atoms with Gasteiger partial charge in [0.1, 0.15) is 0 Å². The van der Waals surface area contributed by atoms with Crippen LogP contribution < -0.4 is 16.8 Å². The van der Waals surface area contributed by atoms with Crippen LogP contribution in [-0.2, 0) is 4.79 Å². The normalized spacial score (nSPS) is 32.4. The van der Waals surface area contributed by atoms with Crippen LogP contribution in [0.15, 0.2) is 11.6 Å². The second kappa shape index (κ2) is 19.4. The van der Waals surface area contributed by atoms with E-state index in [1.807, 2.05) is 10.8 Å². The Bertz CT molecular complexity index is 976. The molecule has 5 N–H and O–H groups in total. The molecule has 3 fully saturated rings. The van der Waals surface area contributed by atoms with E-state index in [0.717, 1.165) is 99.7 Å².